The van der Waals surface area contributed by atoms with Crippen LogP contribution in [0.2, 0.25) is 0 Å². The number of sulfone groups is 1. The number of rotatable bonds is 2. The van der Waals surface area contributed by atoms with Crippen molar-refractivity contribution in [1.29, 1.82) is 0 Å². The van der Waals surface area contributed by atoms with Crippen LogP contribution < -0.4 is 0 Å². The van der Waals surface area contributed by atoms with E-state index in [2.05, 4.69) is 0 Å². The third-order valence-electron chi connectivity index (χ3n) is 4.46. The van der Waals surface area contributed by atoms with Gasteiger partial charge in [-0.1, -0.05) is 24.3 Å². The second-order valence-corrected chi connectivity index (χ2v) is 8.36. The molecular weight excluding hydrogens is 367 g/mol. The van der Waals surface area contributed by atoms with E-state index in [0.29, 0.717) is 0 Å². The standard InChI is InChI=1S/C18H16F3NO3S/c19-13-5-2-1-4-12(13)16-8-9-22(10-11-26(16,24)25)18(23)17-14(20)6-3-7-15(17)21/h1-7,16H,8-11H2. The highest BCUT2D eigenvalue weighted by Gasteiger charge is 2.35. The summed E-state index contributed by atoms with van der Waals surface area (Å²) in [4.78, 5) is 13.6. The second-order valence-electron chi connectivity index (χ2n) is 6.05. The van der Waals surface area contributed by atoms with Gasteiger partial charge in [0.15, 0.2) is 9.84 Å². The summed E-state index contributed by atoms with van der Waals surface area (Å²) in [6.07, 6.45) is -0.0505. The Morgan fingerprint density at radius 2 is 1.54 bits per heavy atom. The van der Waals surface area contributed by atoms with Gasteiger partial charge in [-0.05, 0) is 24.6 Å². The quantitative estimate of drug-likeness (QED) is 0.801. The molecule has 1 heterocycles. The Morgan fingerprint density at radius 3 is 2.19 bits per heavy atom. The van der Waals surface area contributed by atoms with Crippen LogP contribution in [0.15, 0.2) is 42.5 Å². The highest BCUT2D eigenvalue weighted by molar-refractivity contribution is 7.91. The van der Waals surface area contributed by atoms with Crippen molar-refractivity contribution in [2.24, 2.45) is 0 Å². The molecule has 1 saturated heterocycles. The lowest BCUT2D eigenvalue weighted by molar-refractivity contribution is 0.0756. The van der Waals surface area contributed by atoms with E-state index < -0.39 is 49.8 Å². The lowest BCUT2D eigenvalue weighted by Gasteiger charge is -2.20. The van der Waals surface area contributed by atoms with E-state index in [1.54, 1.807) is 0 Å². The lowest BCUT2D eigenvalue weighted by Crippen LogP contribution is -2.34. The van der Waals surface area contributed by atoms with Crippen LogP contribution in [-0.2, 0) is 9.84 Å². The van der Waals surface area contributed by atoms with Gasteiger partial charge in [-0.3, -0.25) is 4.79 Å². The largest absolute Gasteiger partial charge is 0.337 e. The van der Waals surface area contributed by atoms with Crippen molar-refractivity contribution in [3.05, 3.63) is 71.0 Å². The minimum Gasteiger partial charge on any atom is -0.337 e. The fourth-order valence-electron chi connectivity index (χ4n) is 3.09. The molecule has 1 aliphatic rings. The zero-order valence-electron chi connectivity index (χ0n) is 13.7. The molecule has 2 aromatic rings. The number of halogens is 3. The predicted molar refractivity (Wildman–Crippen MR) is 89.8 cm³/mol. The van der Waals surface area contributed by atoms with Crippen LogP contribution >= 0.6 is 0 Å². The predicted octanol–water partition coefficient (Wildman–Crippen LogP) is 3.11. The van der Waals surface area contributed by atoms with Crippen LogP contribution in [0, 0.1) is 17.5 Å². The summed E-state index contributed by atoms with van der Waals surface area (Å²) in [5, 5.41) is -1.10. The maximum absolute atomic E-state index is 14.0. The minimum atomic E-state index is -3.73. The van der Waals surface area contributed by atoms with E-state index in [9.17, 15) is 26.4 Å². The lowest BCUT2D eigenvalue weighted by atomic mass is 10.1. The maximum Gasteiger partial charge on any atom is 0.259 e. The van der Waals surface area contributed by atoms with Gasteiger partial charge < -0.3 is 4.90 Å². The molecule has 8 heteroatoms. The molecule has 1 atom stereocenters. The van der Waals surface area contributed by atoms with Crippen molar-refractivity contribution in [2.45, 2.75) is 11.7 Å². The summed E-state index contributed by atoms with van der Waals surface area (Å²) < 4.78 is 66.8. The van der Waals surface area contributed by atoms with Crippen LogP contribution in [0.5, 0.6) is 0 Å². The van der Waals surface area contributed by atoms with Crippen molar-refractivity contribution >= 4 is 15.7 Å². The van der Waals surface area contributed by atoms with Crippen LogP contribution in [0.4, 0.5) is 13.2 Å². The van der Waals surface area contributed by atoms with Crippen molar-refractivity contribution in [2.75, 3.05) is 18.8 Å². The monoisotopic (exact) mass is 383 g/mol. The molecule has 1 aliphatic heterocycles. The van der Waals surface area contributed by atoms with Crippen LogP contribution in [-0.4, -0.2) is 38.1 Å². The van der Waals surface area contributed by atoms with Crippen LogP contribution in [0.25, 0.3) is 0 Å². The normalized spacial score (nSPS) is 19.8. The van der Waals surface area contributed by atoms with Gasteiger partial charge in [-0.15, -0.1) is 0 Å². The molecule has 26 heavy (non-hydrogen) atoms. The van der Waals surface area contributed by atoms with Gasteiger partial charge in [0.05, 0.1) is 11.0 Å². The molecule has 0 aromatic heterocycles. The molecule has 0 radical (unpaired) electrons. The first-order chi connectivity index (χ1) is 12.3. The summed E-state index contributed by atoms with van der Waals surface area (Å²) in [7, 11) is -3.73. The van der Waals surface area contributed by atoms with E-state index in [1.807, 2.05) is 0 Å². The Labute approximate surface area is 149 Å². The molecule has 0 saturated carbocycles. The van der Waals surface area contributed by atoms with Crippen molar-refractivity contribution in [1.82, 2.24) is 4.90 Å². The highest BCUT2D eigenvalue weighted by Crippen LogP contribution is 2.31. The number of carbonyl (C=O) groups excluding carboxylic acids is 1. The first kappa shape index (κ1) is 18.4. The molecular formula is C18H16F3NO3S. The van der Waals surface area contributed by atoms with Gasteiger partial charge in [0.1, 0.15) is 23.0 Å². The van der Waals surface area contributed by atoms with Crippen molar-refractivity contribution in [3.8, 4) is 0 Å². The van der Waals surface area contributed by atoms with Gasteiger partial charge in [0.2, 0.25) is 0 Å². The average molecular weight is 383 g/mol. The third kappa shape index (κ3) is 3.46. The van der Waals surface area contributed by atoms with Gasteiger partial charge >= 0.3 is 0 Å². The van der Waals surface area contributed by atoms with Gasteiger partial charge in [0.25, 0.3) is 5.91 Å². The first-order valence-electron chi connectivity index (χ1n) is 8.00. The smallest absolute Gasteiger partial charge is 0.259 e. The fourth-order valence-corrected chi connectivity index (χ4v) is 4.89. The SMILES string of the molecule is O=C(c1c(F)cccc1F)N1CCC(c2ccccc2F)S(=O)(=O)CC1. The van der Waals surface area contributed by atoms with Crippen molar-refractivity contribution < 1.29 is 26.4 Å². The molecule has 138 valence electrons. The Balaban J connectivity index is 1.90. The van der Waals surface area contributed by atoms with E-state index in [0.717, 1.165) is 23.1 Å². The highest BCUT2D eigenvalue weighted by atomic mass is 32.2. The van der Waals surface area contributed by atoms with E-state index >= 15 is 0 Å². The number of hydrogen-bond acceptors (Lipinski definition) is 3. The summed E-state index contributed by atoms with van der Waals surface area (Å²) in [6.45, 7) is -0.259. The van der Waals surface area contributed by atoms with E-state index in [1.165, 1.54) is 24.3 Å². The number of carbonyl (C=O) groups is 1. The summed E-state index contributed by atoms with van der Waals surface area (Å²) >= 11 is 0. The van der Waals surface area contributed by atoms with Gasteiger partial charge in [0, 0.05) is 18.7 Å². The number of nitrogens with zero attached hydrogens (tertiary/aromatic N) is 1. The molecule has 0 aliphatic carbocycles. The fraction of sp³-hybridized carbons (Fsp3) is 0.278. The molecule has 1 amide bonds. The first-order valence-corrected chi connectivity index (χ1v) is 9.72. The van der Waals surface area contributed by atoms with Crippen LogP contribution in [0.1, 0.15) is 27.6 Å². The number of benzene rings is 2. The maximum atomic E-state index is 14.0. The summed E-state index contributed by atoms with van der Waals surface area (Å²) in [5.41, 5.74) is -0.673. The van der Waals surface area contributed by atoms with Gasteiger partial charge in [-0.2, -0.15) is 0 Å². The topological polar surface area (TPSA) is 54.5 Å². The summed E-state index contributed by atoms with van der Waals surface area (Å²) in [6, 6.07) is 8.64. The third-order valence-corrected chi connectivity index (χ3v) is 6.56. The molecule has 2 aromatic carbocycles. The van der Waals surface area contributed by atoms with E-state index in [-0.39, 0.29) is 25.1 Å². The van der Waals surface area contributed by atoms with Gasteiger partial charge in [-0.25, -0.2) is 21.6 Å². The Hall–Kier alpha value is -2.35. The molecule has 1 fully saturated rings. The van der Waals surface area contributed by atoms with E-state index in [4.69, 9.17) is 0 Å². The number of amides is 1. The second kappa shape index (κ2) is 7.11. The zero-order valence-corrected chi connectivity index (χ0v) is 14.5. The molecule has 3 rings (SSSR count). The van der Waals surface area contributed by atoms with Crippen LogP contribution in [0.3, 0.4) is 0 Å². The molecule has 4 nitrogen and oxygen atoms in total. The average Bonchev–Trinajstić information content (AvgIpc) is 2.73. The zero-order chi connectivity index (χ0) is 18.9. The molecule has 0 N–H and O–H groups in total. The Kier molecular flexibility index (Phi) is 5.04. The van der Waals surface area contributed by atoms with Crippen molar-refractivity contribution in [3.63, 3.8) is 0 Å². The molecule has 0 bridgehead atoms. The number of hydrogen-bond donors (Lipinski definition) is 0. The molecule has 1 unspecified atom stereocenters. The Bertz CT molecular complexity index is 926. The summed E-state index contributed by atoms with van der Waals surface area (Å²) in [5.74, 6) is -3.97. The molecule has 0 spiro atoms. The Morgan fingerprint density at radius 1 is 0.923 bits per heavy atom. The minimum absolute atomic E-state index is 0.0406.